The molecular formula is C15H24O. The zero-order valence-electron chi connectivity index (χ0n) is 11.0. The summed E-state index contributed by atoms with van der Waals surface area (Å²) in [6.45, 7) is 9.37. The largest absolute Gasteiger partial charge is 0.299 e. The number of carbonyl (C=O) groups is 1. The third-order valence-electron chi connectivity index (χ3n) is 6.23. The predicted molar refractivity (Wildman–Crippen MR) is 64.9 cm³/mol. The molecule has 0 spiro atoms. The van der Waals surface area contributed by atoms with E-state index in [2.05, 4.69) is 27.7 Å². The van der Waals surface area contributed by atoms with Gasteiger partial charge in [-0.15, -0.1) is 0 Å². The molecule has 3 saturated carbocycles. The van der Waals surface area contributed by atoms with Crippen LogP contribution in [0.25, 0.3) is 0 Å². The van der Waals surface area contributed by atoms with E-state index in [0.29, 0.717) is 29.0 Å². The zero-order chi connectivity index (χ0) is 11.7. The number of Topliss-reactive ketones (excluding diaryl/α,β-unsaturated/α-hetero) is 1. The fourth-order valence-electron chi connectivity index (χ4n) is 5.05. The van der Waals surface area contributed by atoms with Crippen molar-refractivity contribution in [3.63, 3.8) is 0 Å². The highest BCUT2D eigenvalue weighted by molar-refractivity contribution is 5.82. The Morgan fingerprint density at radius 3 is 2.56 bits per heavy atom. The molecule has 1 heteroatoms. The molecule has 0 saturated heterocycles. The first-order valence-electron chi connectivity index (χ1n) is 6.97. The molecule has 90 valence electrons. The summed E-state index contributed by atoms with van der Waals surface area (Å²) in [6, 6.07) is 0. The van der Waals surface area contributed by atoms with Crippen molar-refractivity contribution in [2.75, 3.05) is 0 Å². The molecular weight excluding hydrogens is 196 g/mol. The van der Waals surface area contributed by atoms with Crippen LogP contribution in [0.5, 0.6) is 0 Å². The number of rotatable bonds is 0. The third-order valence-corrected chi connectivity index (χ3v) is 6.23. The summed E-state index contributed by atoms with van der Waals surface area (Å²) in [4.78, 5) is 12.2. The van der Waals surface area contributed by atoms with Gasteiger partial charge in [0, 0.05) is 12.3 Å². The minimum Gasteiger partial charge on any atom is -0.299 e. The van der Waals surface area contributed by atoms with Gasteiger partial charge >= 0.3 is 0 Å². The Morgan fingerprint density at radius 1 is 1.19 bits per heavy atom. The van der Waals surface area contributed by atoms with Crippen molar-refractivity contribution in [3.05, 3.63) is 0 Å². The summed E-state index contributed by atoms with van der Waals surface area (Å²) in [7, 11) is 0. The van der Waals surface area contributed by atoms with Crippen molar-refractivity contribution < 1.29 is 4.79 Å². The van der Waals surface area contributed by atoms with E-state index in [1.165, 1.54) is 12.8 Å². The second-order valence-corrected chi connectivity index (χ2v) is 7.21. The lowest BCUT2D eigenvalue weighted by molar-refractivity contribution is -0.124. The van der Waals surface area contributed by atoms with E-state index in [-0.39, 0.29) is 0 Å². The summed E-state index contributed by atoms with van der Waals surface area (Å²) in [6.07, 6.45) is 3.53. The van der Waals surface area contributed by atoms with Gasteiger partial charge in [-0.3, -0.25) is 4.79 Å². The summed E-state index contributed by atoms with van der Waals surface area (Å²) in [5, 5.41) is 0. The number of ketones is 1. The first-order valence-corrected chi connectivity index (χ1v) is 6.97. The van der Waals surface area contributed by atoms with E-state index in [0.717, 1.165) is 24.2 Å². The SMILES string of the molecule is C[C@@H]1CC[C@H]2[C@@H]1[C@H]1[C@@H](CC(=O)[C@H]2C)C1(C)C. The summed E-state index contributed by atoms with van der Waals surface area (Å²) >= 11 is 0. The topological polar surface area (TPSA) is 17.1 Å². The predicted octanol–water partition coefficient (Wildman–Crippen LogP) is 3.53. The van der Waals surface area contributed by atoms with Gasteiger partial charge in [0.15, 0.2) is 0 Å². The van der Waals surface area contributed by atoms with Crippen LogP contribution in [0.4, 0.5) is 0 Å². The zero-order valence-corrected chi connectivity index (χ0v) is 11.0. The lowest BCUT2D eigenvalue weighted by Gasteiger charge is -2.27. The molecule has 0 aromatic carbocycles. The van der Waals surface area contributed by atoms with E-state index in [4.69, 9.17) is 0 Å². The number of hydrogen-bond donors (Lipinski definition) is 0. The Morgan fingerprint density at radius 2 is 1.88 bits per heavy atom. The van der Waals surface area contributed by atoms with Gasteiger partial charge in [0.1, 0.15) is 5.78 Å². The van der Waals surface area contributed by atoms with Gasteiger partial charge in [-0.05, 0) is 41.4 Å². The van der Waals surface area contributed by atoms with Crippen molar-refractivity contribution in [1.82, 2.24) is 0 Å². The molecule has 0 amide bonds. The van der Waals surface area contributed by atoms with E-state index >= 15 is 0 Å². The van der Waals surface area contributed by atoms with E-state index in [1.807, 2.05) is 0 Å². The first kappa shape index (κ1) is 10.8. The Hall–Kier alpha value is -0.330. The van der Waals surface area contributed by atoms with Crippen LogP contribution in [0.2, 0.25) is 0 Å². The van der Waals surface area contributed by atoms with E-state index in [9.17, 15) is 4.79 Å². The Labute approximate surface area is 99.0 Å². The molecule has 3 rings (SSSR count). The molecule has 3 fully saturated rings. The van der Waals surface area contributed by atoms with Gasteiger partial charge in [0.25, 0.3) is 0 Å². The van der Waals surface area contributed by atoms with Gasteiger partial charge in [0.05, 0.1) is 0 Å². The van der Waals surface area contributed by atoms with Gasteiger partial charge in [0.2, 0.25) is 0 Å². The molecule has 0 radical (unpaired) electrons. The van der Waals surface area contributed by atoms with Crippen molar-refractivity contribution in [1.29, 1.82) is 0 Å². The van der Waals surface area contributed by atoms with E-state index < -0.39 is 0 Å². The van der Waals surface area contributed by atoms with Crippen LogP contribution in [0.3, 0.4) is 0 Å². The highest BCUT2D eigenvalue weighted by Gasteiger charge is 2.66. The van der Waals surface area contributed by atoms with Crippen molar-refractivity contribution in [2.24, 2.45) is 40.9 Å². The molecule has 0 unspecified atom stereocenters. The minimum atomic E-state index is 0.346. The molecule has 6 atom stereocenters. The maximum atomic E-state index is 12.2. The Bertz CT molecular complexity index is 330. The lowest BCUT2D eigenvalue weighted by atomic mass is 9.77. The molecule has 0 aliphatic heterocycles. The highest BCUT2D eigenvalue weighted by atomic mass is 16.1. The summed E-state index contributed by atoms with van der Waals surface area (Å²) in [5.74, 6) is 4.87. The van der Waals surface area contributed by atoms with Gasteiger partial charge in [-0.1, -0.05) is 34.1 Å². The number of carbonyl (C=O) groups excluding carboxylic acids is 1. The van der Waals surface area contributed by atoms with Gasteiger partial charge in [-0.2, -0.15) is 0 Å². The molecule has 3 aliphatic rings. The van der Waals surface area contributed by atoms with Crippen LogP contribution in [0.15, 0.2) is 0 Å². The van der Waals surface area contributed by atoms with Gasteiger partial charge in [-0.25, -0.2) is 0 Å². The first-order chi connectivity index (χ1) is 7.44. The normalized spacial score (nSPS) is 54.1. The third kappa shape index (κ3) is 1.21. The average molecular weight is 220 g/mol. The molecule has 0 bridgehead atoms. The van der Waals surface area contributed by atoms with E-state index in [1.54, 1.807) is 0 Å². The van der Waals surface area contributed by atoms with Crippen molar-refractivity contribution in [2.45, 2.75) is 47.0 Å². The van der Waals surface area contributed by atoms with Gasteiger partial charge < -0.3 is 0 Å². The second kappa shape index (κ2) is 3.11. The Balaban J connectivity index is 1.96. The standard InChI is InChI=1S/C15H24O/c1-8-5-6-10-9(2)12(16)7-11-14(13(8)10)15(11,3)4/h8-11,13-14H,5-7H2,1-4H3/t8-,9+,10-,11-,13-,14-/m1/s1. The van der Waals surface area contributed by atoms with Crippen LogP contribution < -0.4 is 0 Å². The molecule has 3 aliphatic carbocycles. The number of hydrogen-bond acceptors (Lipinski definition) is 1. The number of fused-ring (bicyclic) bond motifs is 3. The lowest BCUT2D eigenvalue weighted by Crippen LogP contribution is -2.26. The maximum Gasteiger partial charge on any atom is 0.136 e. The van der Waals surface area contributed by atoms with Crippen LogP contribution in [-0.4, -0.2) is 5.78 Å². The average Bonchev–Trinajstić information content (AvgIpc) is 2.58. The highest BCUT2D eigenvalue weighted by Crippen LogP contribution is 2.70. The Kier molecular flexibility index (Phi) is 2.10. The second-order valence-electron chi connectivity index (χ2n) is 7.21. The summed E-state index contributed by atoms with van der Waals surface area (Å²) < 4.78 is 0. The molecule has 1 nitrogen and oxygen atoms in total. The molecule has 0 aromatic heterocycles. The smallest absolute Gasteiger partial charge is 0.136 e. The quantitative estimate of drug-likeness (QED) is 0.610. The molecule has 16 heavy (non-hydrogen) atoms. The summed E-state index contributed by atoms with van der Waals surface area (Å²) in [5.41, 5.74) is 0.456. The van der Waals surface area contributed by atoms with Crippen LogP contribution in [-0.2, 0) is 4.79 Å². The van der Waals surface area contributed by atoms with Crippen molar-refractivity contribution >= 4 is 5.78 Å². The fourth-order valence-corrected chi connectivity index (χ4v) is 5.05. The molecule has 0 aromatic rings. The van der Waals surface area contributed by atoms with Crippen LogP contribution in [0.1, 0.15) is 47.0 Å². The molecule has 0 N–H and O–H groups in total. The monoisotopic (exact) mass is 220 g/mol. The maximum absolute atomic E-state index is 12.2. The van der Waals surface area contributed by atoms with Crippen LogP contribution >= 0.6 is 0 Å². The van der Waals surface area contributed by atoms with Crippen LogP contribution in [0, 0.1) is 40.9 Å². The fraction of sp³-hybridized carbons (Fsp3) is 0.933. The minimum absolute atomic E-state index is 0.346. The molecule has 0 heterocycles. The van der Waals surface area contributed by atoms with Crippen molar-refractivity contribution in [3.8, 4) is 0 Å².